The number of carbonyl (C=O) groups is 2. The molecule has 1 amide bonds. The van der Waals surface area contributed by atoms with Gasteiger partial charge in [-0.15, -0.1) is 0 Å². The number of esters is 1. The fourth-order valence-corrected chi connectivity index (χ4v) is 2.50. The van der Waals surface area contributed by atoms with Gasteiger partial charge in [-0.05, 0) is 44.2 Å². The Morgan fingerprint density at radius 2 is 1.78 bits per heavy atom. The monoisotopic (exact) mass is 377 g/mol. The zero-order valence-corrected chi connectivity index (χ0v) is 14.3. The summed E-state index contributed by atoms with van der Waals surface area (Å²) in [5.41, 5.74) is -0.00516. The van der Waals surface area contributed by atoms with Gasteiger partial charge in [-0.25, -0.2) is 18.0 Å². The highest BCUT2D eigenvalue weighted by Crippen LogP contribution is 2.27. The number of furan rings is 1. The van der Waals surface area contributed by atoms with Crippen molar-refractivity contribution in [3.05, 3.63) is 65.2 Å². The molecule has 0 saturated carbocycles. The van der Waals surface area contributed by atoms with E-state index >= 15 is 0 Å². The summed E-state index contributed by atoms with van der Waals surface area (Å²) >= 11 is 0. The molecule has 27 heavy (non-hydrogen) atoms. The highest BCUT2D eigenvalue weighted by molar-refractivity contribution is 5.99. The lowest BCUT2D eigenvalue weighted by molar-refractivity contribution is -0.123. The van der Waals surface area contributed by atoms with Crippen LogP contribution in [-0.2, 0) is 9.53 Å². The fourth-order valence-electron chi connectivity index (χ4n) is 2.50. The number of amides is 1. The van der Waals surface area contributed by atoms with E-state index in [9.17, 15) is 22.8 Å². The van der Waals surface area contributed by atoms with Crippen molar-refractivity contribution in [2.45, 2.75) is 20.0 Å². The van der Waals surface area contributed by atoms with Crippen molar-refractivity contribution in [2.24, 2.45) is 0 Å². The van der Waals surface area contributed by atoms with Crippen LogP contribution in [0.25, 0.3) is 11.0 Å². The van der Waals surface area contributed by atoms with Crippen LogP contribution >= 0.6 is 0 Å². The number of nitrogens with one attached hydrogen (secondary N) is 1. The van der Waals surface area contributed by atoms with E-state index < -0.39 is 41.1 Å². The van der Waals surface area contributed by atoms with E-state index in [4.69, 9.17) is 9.15 Å². The molecule has 1 N–H and O–H groups in total. The molecule has 0 bridgehead atoms. The number of ether oxygens (including phenoxy) is 1. The Kier molecular flexibility index (Phi) is 4.89. The average molecular weight is 377 g/mol. The molecule has 0 saturated heterocycles. The standard InChI is InChI=1S/C19H14F3NO4/c1-9-12-8-11(20)6-7-15(12)27-17(9)19(25)26-10(2)18(24)23-16-13(21)4-3-5-14(16)22/h3-8,10H,1-2H3,(H,23,24)/t10-/m0/s1. The number of halogens is 3. The number of benzene rings is 2. The van der Waals surface area contributed by atoms with Crippen LogP contribution in [0.4, 0.5) is 18.9 Å². The van der Waals surface area contributed by atoms with Crippen LogP contribution < -0.4 is 5.32 Å². The number of para-hydroxylation sites is 1. The summed E-state index contributed by atoms with van der Waals surface area (Å²) in [6, 6.07) is 6.86. The fraction of sp³-hybridized carbons (Fsp3) is 0.158. The van der Waals surface area contributed by atoms with Gasteiger partial charge >= 0.3 is 5.97 Å². The van der Waals surface area contributed by atoms with Crippen molar-refractivity contribution in [1.82, 2.24) is 0 Å². The number of anilines is 1. The third kappa shape index (κ3) is 3.64. The number of rotatable bonds is 4. The molecule has 3 rings (SSSR count). The third-order valence-corrected chi connectivity index (χ3v) is 3.95. The summed E-state index contributed by atoms with van der Waals surface area (Å²) in [6.45, 7) is 2.78. The lowest BCUT2D eigenvalue weighted by Gasteiger charge is -2.13. The molecule has 0 aliphatic rings. The first kappa shape index (κ1) is 18.5. The first-order valence-corrected chi connectivity index (χ1v) is 7.92. The maximum Gasteiger partial charge on any atom is 0.375 e. The summed E-state index contributed by atoms with van der Waals surface area (Å²) in [6.07, 6.45) is -1.36. The minimum absolute atomic E-state index is 0.188. The number of hydrogen-bond donors (Lipinski definition) is 1. The molecule has 3 aromatic rings. The molecule has 8 heteroatoms. The summed E-state index contributed by atoms with van der Waals surface area (Å²) in [5.74, 6) is -4.49. The van der Waals surface area contributed by atoms with Crippen LogP contribution in [0.2, 0.25) is 0 Å². The quantitative estimate of drug-likeness (QED) is 0.687. The Morgan fingerprint density at radius 1 is 1.11 bits per heavy atom. The van der Waals surface area contributed by atoms with Gasteiger partial charge in [-0.2, -0.15) is 0 Å². The van der Waals surface area contributed by atoms with Crippen molar-refractivity contribution >= 4 is 28.5 Å². The second-order valence-corrected chi connectivity index (χ2v) is 5.83. The molecule has 140 valence electrons. The van der Waals surface area contributed by atoms with Crippen molar-refractivity contribution < 1.29 is 31.9 Å². The zero-order chi connectivity index (χ0) is 19.7. The SMILES string of the molecule is Cc1c(C(=O)O[C@@H](C)C(=O)Nc2c(F)cccc2F)oc2ccc(F)cc12. The van der Waals surface area contributed by atoms with E-state index in [1.165, 1.54) is 25.1 Å². The van der Waals surface area contributed by atoms with Gasteiger partial charge in [-0.3, -0.25) is 4.79 Å². The molecule has 0 fully saturated rings. The summed E-state index contributed by atoms with van der Waals surface area (Å²) in [4.78, 5) is 24.4. The number of aryl methyl sites for hydroxylation is 1. The molecular formula is C19H14F3NO4. The minimum Gasteiger partial charge on any atom is -0.449 e. The lowest BCUT2D eigenvalue weighted by Crippen LogP contribution is -2.30. The number of hydrogen-bond acceptors (Lipinski definition) is 4. The van der Waals surface area contributed by atoms with Crippen molar-refractivity contribution in [3.63, 3.8) is 0 Å². The van der Waals surface area contributed by atoms with Gasteiger partial charge < -0.3 is 14.5 Å². The van der Waals surface area contributed by atoms with Gasteiger partial charge in [0.25, 0.3) is 5.91 Å². The Balaban J connectivity index is 1.76. The van der Waals surface area contributed by atoms with Gasteiger partial charge in [-0.1, -0.05) is 6.07 Å². The predicted octanol–water partition coefficient (Wildman–Crippen LogP) is 4.34. The van der Waals surface area contributed by atoms with Crippen LogP contribution in [-0.4, -0.2) is 18.0 Å². The lowest BCUT2D eigenvalue weighted by atomic mass is 10.1. The van der Waals surface area contributed by atoms with E-state index in [-0.39, 0.29) is 11.3 Å². The summed E-state index contributed by atoms with van der Waals surface area (Å²) in [7, 11) is 0. The van der Waals surface area contributed by atoms with Gasteiger partial charge in [0.2, 0.25) is 5.76 Å². The van der Waals surface area contributed by atoms with Crippen molar-refractivity contribution in [1.29, 1.82) is 0 Å². The molecular weight excluding hydrogens is 363 g/mol. The molecule has 1 atom stereocenters. The first-order valence-electron chi connectivity index (χ1n) is 7.92. The van der Waals surface area contributed by atoms with Crippen LogP contribution in [0.1, 0.15) is 23.0 Å². The first-order chi connectivity index (χ1) is 12.8. The van der Waals surface area contributed by atoms with E-state index in [0.717, 1.165) is 18.2 Å². The molecule has 5 nitrogen and oxygen atoms in total. The van der Waals surface area contributed by atoms with Crippen molar-refractivity contribution in [2.75, 3.05) is 5.32 Å². The van der Waals surface area contributed by atoms with E-state index in [0.29, 0.717) is 10.9 Å². The molecule has 0 radical (unpaired) electrons. The molecule has 0 aliphatic carbocycles. The highest BCUT2D eigenvalue weighted by atomic mass is 19.1. The number of carbonyl (C=O) groups excluding carboxylic acids is 2. The van der Waals surface area contributed by atoms with Gasteiger partial charge in [0.1, 0.15) is 28.7 Å². The summed E-state index contributed by atoms with van der Waals surface area (Å²) < 4.78 is 50.9. The average Bonchev–Trinajstić information content (AvgIpc) is 2.94. The van der Waals surface area contributed by atoms with Crippen LogP contribution in [0.5, 0.6) is 0 Å². The summed E-state index contributed by atoms with van der Waals surface area (Å²) in [5, 5.41) is 2.43. The topological polar surface area (TPSA) is 68.5 Å². The van der Waals surface area contributed by atoms with Crippen molar-refractivity contribution in [3.8, 4) is 0 Å². The molecule has 0 spiro atoms. The third-order valence-electron chi connectivity index (χ3n) is 3.95. The highest BCUT2D eigenvalue weighted by Gasteiger charge is 2.25. The van der Waals surface area contributed by atoms with E-state index in [1.54, 1.807) is 6.92 Å². The smallest absolute Gasteiger partial charge is 0.375 e. The van der Waals surface area contributed by atoms with E-state index in [1.807, 2.05) is 5.32 Å². The van der Waals surface area contributed by atoms with Crippen LogP contribution in [0, 0.1) is 24.4 Å². The molecule has 1 heterocycles. The predicted molar refractivity (Wildman–Crippen MR) is 90.8 cm³/mol. The maximum atomic E-state index is 13.6. The Bertz CT molecular complexity index is 1020. The Hall–Kier alpha value is -3.29. The minimum atomic E-state index is -1.36. The normalized spacial score (nSPS) is 12.0. The zero-order valence-electron chi connectivity index (χ0n) is 14.3. The largest absolute Gasteiger partial charge is 0.449 e. The maximum absolute atomic E-state index is 13.6. The van der Waals surface area contributed by atoms with E-state index in [2.05, 4.69) is 0 Å². The van der Waals surface area contributed by atoms with Gasteiger partial charge in [0, 0.05) is 10.9 Å². The number of fused-ring (bicyclic) bond motifs is 1. The van der Waals surface area contributed by atoms with Gasteiger partial charge in [0.15, 0.2) is 6.10 Å². The Labute approximate surface area is 151 Å². The Morgan fingerprint density at radius 3 is 2.44 bits per heavy atom. The molecule has 0 aliphatic heterocycles. The molecule has 2 aromatic carbocycles. The van der Waals surface area contributed by atoms with Crippen LogP contribution in [0.3, 0.4) is 0 Å². The van der Waals surface area contributed by atoms with Gasteiger partial charge in [0.05, 0.1) is 0 Å². The van der Waals surface area contributed by atoms with Crippen LogP contribution in [0.15, 0.2) is 40.8 Å². The second-order valence-electron chi connectivity index (χ2n) is 5.83. The second kappa shape index (κ2) is 7.14. The molecule has 1 aromatic heterocycles. The molecule has 0 unspecified atom stereocenters.